The second-order valence-corrected chi connectivity index (χ2v) is 5.60. The summed E-state index contributed by atoms with van der Waals surface area (Å²) in [7, 11) is 9.65. The van der Waals surface area contributed by atoms with E-state index in [9.17, 15) is 5.11 Å². The minimum absolute atomic E-state index is 0.288. The average molecular weight is 459 g/mol. The van der Waals surface area contributed by atoms with Crippen LogP contribution in [0.4, 0.5) is 0 Å². The number of allylic oxidation sites excluding steroid dienone is 2. The summed E-state index contributed by atoms with van der Waals surface area (Å²) in [6.07, 6.45) is 2.26. The van der Waals surface area contributed by atoms with Crippen molar-refractivity contribution >= 4 is 0 Å². The highest BCUT2D eigenvalue weighted by molar-refractivity contribution is 5.54. The molecule has 0 amide bonds. The third-order valence-electron chi connectivity index (χ3n) is 3.97. The summed E-state index contributed by atoms with van der Waals surface area (Å²) in [5.41, 5.74) is 0.911. The number of ether oxygens (including phenoxy) is 6. The third kappa shape index (κ3) is 9.61. The quantitative estimate of drug-likeness (QED) is 0.321. The Labute approximate surface area is 191 Å². The normalized spacial score (nSPS) is 11.7. The predicted molar refractivity (Wildman–Crippen MR) is 123 cm³/mol. The van der Waals surface area contributed by atoms with Crippen LogP contribution in [0.5, 0.6) is 17.2 Å². The van der Waals surface area contributed by atoms with Gasteiger partial charge in [-0.1, -0.05) is 6.58 Å². The molecule has 0 aliphatic heterocycles. The summed E-state index contributed by atoms with van der Waals surface area (Å²) in [6, 6.07) is 3.34. The molecular weight excluding hydrogens is 420 g/mol. The van der Waals surface area contributed by atoms with Gasteiger partial charge in [0.15, 0.2) is 11.5 Å². The van der Waals surface area contributed by atoms with Gasteiger partial charge in [0.25, 0.3) is 0 Å². The molecule has 0 aromatic heterocycles. The molecule has 1 atom stereocenters. The summed E-state index contributed by atoms with van der Waals surface area (Å²) in [6.45, 7) is 6.47. The fraction of sp³-hybridized carbons (Fsp3) is 0.478. The van der Waals surface area contributed by atoms with Crippen molar-refractivity contribution in [2.45, 2.75) is 13.0 Å². The molecule has 0 aliphatic rings. The molecule has 0 saturated carbocycles. The lowest BCUT2D eigenvalue weighted by Gasteiger charge is -2.21. The minimum atomic E-state index is -1.09. The Morgan fingerprint density at radius 2 is 1.50 bits per heavy atom. The molecule has 9 heteroatoms. The van der Waals surface area contributed by atoms with Crippen molar-refractivity contribution in [1.29, 1.82) is 0 Å². The van der Waals surface area contributed by atoms with Crippen LogP contribution < -0.4 is 14.2 Å². The summed E-state index contributed by atoms with van der Waals surface area (Å²) in [4.78, 5) is 0. The van der Waals surface area contributed by atoms with Gasteiger partial charge in [0.05, 0.1) is 35.0 Å². The molecule has 0 fully saturated rings. The molecule has 184 valence electrons. The molecule has 0 saturated heterocycles. The zero-order valence-corrected chi connectivity index (χ0v) is 20.3. The third-order valence-corrected chi connectivity index (χ3v) is 3.97. The number of benzene rings is 1. The Kier molecular flexibility index (Phi) is 18.7. The summed E-state index contributed by atoms with van der Waals surface area (Å²) in [5, 5.41) is 25.1. The first-order valence-electron chi connectivity index (χ1n) is 9.60. The van der Waals surface area contributed by atoms with Gasteiger partial charge >= 0.3 is 0 Å². The van der Waals surface area contributed by atoms with Crippen LogP contribution in [0.3, 0.4) is 0 Å². The van der Waals surface area contributed by atoms with E-state index in [0.29, 0.717) is 46.5 Å². The van der Waals surface area contributed by atoms with E-state index in [4.69, 9.17) is 38.6 Å². The lowest BCUT2D eigenvalue weighted by molar-refractivity contribution is 0.159. The van der Waals surface area contributed by atoms with E-state index in [1.807, 2.05) is 6.92 Å². The largest absolute Gasteiger partial charge is 0.499 e. The van der Waals surface area contributed by atoms with Crippen molar-refractivity contribution in [2.24, 2.45) is 0 Å². The Morgan fingerprint density at radius 3 is 1.94 bits per heavy atom. The van der Waals surface area contributed by atoms with Gasteiger partial charge in [0, 0.05) is 38.5 Å². The maximum absolute atomic E-state index is 11.1. The second kappa shape index (κ2) is 19.0. The second-order valence-electron chi connectivity index (χ2n) is 5.60. The van der Waals surface area contributed by atoms with Crippen molar-refractivity contribution in [3.63, 3.8) is 0 Å². The molecule has 0 heterocycles. The fourth-order valence-corrected chi connectivity index (χ4v) is 2.50. The first-order valence-corrected chi connectivity index (χ1v) is 9.60. The summed E-state index contributed by atoms with van der Waals surface area (Å²) >= 11 is 0. The van der Waals surface area contributed by atoms with E-state index in [-0.39, 0.29) is 6.61 Å². The van der Waals surface area contributed by atoms with E-state index >= 15 is 0 Å². The molecule has 9 nitrogen and oxygen atoms in total. The number of methoxy groups -OCH3 is 5. The first kappa shape index (κ1) is 31.5. The van der Waals surface area contributed by atoms with Gasteiger partial charge in [-0.3, -0.25) is 0 Å². The van der Waals surface area contributed by atoms with Gasteiger partial charge in [-0.05, 0) is 25.1 Å². The Morgan fingerprint density at radius 1 is 0.906 bits per heavy atom. The molecule has 0 radical (unpaired) electrons. The molecule has 1 unspecified atom stereocenters. The van der Waals surface area contributed by atoms with Crippen LogP contribution in [0.1, 0.15) is 18.6 Å². The summed E-state index contributed by atoms with van der Waals surface area (Å²) in [5.74, 6) is 2.32. The van der Waals surface area contributed by atoms with Gasteiger partial charge in [-0.2, -0.15) is 0 Å². The highest BCUT2D eigenvalue weighted by Crippen LogP contribution is 2.40. The van der Waals surface area contributed by atoms with Crippen LogP contribution >= 0.6 is 0 Å². The zero-order valence-electron chi connectivity index (χ0n) is 20.3. The monoisotopic (exact) mass is 458 g/mol. The van der Waals surface area contributed by atoms with E-state index < -0.39 is 6.10 Å². The minimum Gasteiger partial charge on any atom is -0.499 e. The van der Waals surface area contributed by atoms with Gasteiger partial charge in [-0.25, -0.2) is 0 Å². The van der Waals surface area contributed by atoms with Crippen LogP contribution in [0.25, 0.3) is 0 Å². The standard InChI is InChI=1S/C21H30O7.2CH4O/c1-8-28-20-11-17(18(26-6)12-19(20)27-7)21(22)16(14(2)24-4)10-9-15(25-5)13-23-3;2*1-2/h9-12,21-22H,2,8,13H2,1,3-7H3;2*2H,1H3/b15-9+,16-10+;;. The number of aliphatic hydroxyl groups is 3. The fourth-order valence-electron chi connectivity index (χ4n) is 2.50. The molecule has 3 N–H and O–H groups in total. The van der Waals surface area contributed by atoms with Crippen molar-refractivity contribution in [1.82, 2.24) is 0 Å². The number of aliphatic hydroxyl groups excluding tert-OH is 3. The van der Waals surface area contributed by atoms with Gasteiger partial charge in [0.1, 0.15) is 30.0 Å². The topological polar surface area (TPSA) is 116 Å². The van der Waals surface area contributed by atoms with E-state index in [1.165, 1.54) is 14.2 Å². The molecule has 1 rings (SSSR count). The van der Waals surface area contributed by atoms with Crippen LogP contribution in [-0.4, -0.2) is 78.3 Å². The van der Waals surface area contributed by atoms with Crippen molar-refractivity contribution in [2.75, 3.05) is 63.0 Å². The Bertz CT molecular complexity index is 712. The molecule has 0 spiro atoms. The first-order chi connectivity index (χ1) is 15.5. The van der Waals surface area contributed by atoms with Crippen LogP contribution in [0.2, 0.25) is 0 Å². The lowest BCUT2D eigenvalue weighted by Crippen LogP contribution is -2.08. The SMILES string of the molecule is C=C(OC)/C(=C\C=C(/COC)OC)C(O)c1cc(OCC)c(OC)cc1OC.CO.CO. The number of hydrogen-bond donors (Lipinski definition) is 3. The highest BCUT2D eigenvalue weighted by atomic mass is 16.5. The maximum Gasteiger partial charge on any atom is 0.164 e. The van der Waals surface area contributed by atoms with E-state index in [0.717, 1.165) is 14.2 Å². The molecule has 32 heavy (non-hydrogen) atoms. The van der Waals surface area contributed by atoms with Gasteiger partial charge in [-0.15, -0.1) is 0 Å². The van der Waals surface area contributed by atoms with Crippen LogP contribution in [-0.2, 0) is 14.2 Å². The Hall–Kier alpha value is -2.72. The molecule has 1 aromatic rings. The van der Waals surface area contributed by atoms with Crippen LogP contribution in [0, 0.1) is 0 Å². The van der Waals surface area contributed by atoms with Crippen molar-refractivity contribution in [3.05, 3.63) is 53.5 Å². The Balaban J connectivity index is 0. The van der Waals surface area contributed by atoms with Crippen LogP contribution in [0.15, 0.2) is 48.0 Å². The molecular formula is C23H38O9. The maximum atomic E-state index is 11.1. The van der Waals surface area contributed by atoms with Crippen molar-refractivity contribution in [3.8, 4) is 17.2 Å². The lowest BCUT2D eigenvalue weighted by atomic mass is 9.98. The number of rotatable bonds is 12. The van der Waals surface area contributed by atoms with E-state index in [2.05, 4.69) is 6.58 Å². The summed E-state index contributed by atoms with van der Waals surface area (Å²) < 4.78 is 32.0. The van der Waals surface area contributed by atoms with E-state index in [1.54, 1.807) is 45.6 Å². The number of hydrogen-bond acceptors (Lipinski definition) is 9. The average Bonchev–Trinajstić information content (AvgIpc) is 2.85. The highest BCUT2D eigenvalue weighted by Gasteiger charge is 2.23. The van der Waals surface area contributed by atoms with Gasteiger partial charge < -0.3 is 43.7 Å². The molecule has 1 aromatic carbocycles. The predicted octanol–water partition coefficient (Wildman–Crippen LogP) is 2.62. The van der Waals surface area contributed by atoms with Gasteiger partial charge in [0.2, 0.25) is 0 Å². The zero-order chi connectivity index (χ0) is 25.1. The molecule has 0 bridgehead atoms. The smallest absolute Gasteiger partial charge is 0.164 e. The van der Waals surface area contributed by atoms with Crippen molar-refractivity contribution < 1.29 is 43.7 Å². The molecule has 0 aliphatic carbocycles.